The quantitative estimate of drug-likeness (QED) is 0.567. The van der Waals surface area contributed by atoms with Crippen LogP contribution in [0.2, 0.25) is 0 Å². The highest BCUT2D eigenvalue weighted by atomic mass is 16.3. The third-order valence-corrected chi connectivity index (χ3v) is 5.56. The van der Waals surface area contributed by atoms with Crippen molar-refractivity contribution in [2.24, 2.45) is 5.41 Å². The van der Waals surface area contributed by atoms with E-state index >= 15 is 0 Å². The summed E-state index contributed by atoms with van der Waals surface area (Å²) in [4.78, 5) is 14.8. The van der Waals surface area contributed by atoms with Gasteiger partial charge in [-0.3, -0.25) is 5.10 Å². The Bertz CT molecular complexity index is 971. The third-order valence-electron chi connectivity index (χ3n) is 5.56. The third kappa shape index (κ3) is 4.70. The fourth-order valence-corrected chi connectivity index (χ4v) is 3.83. The Morgan fingerprint density at radius 2 is 2.07 bits per heavy atom. The number of aliphatic hydroxyl groups excluding tert-OH is 1. The van der Waals surface area contributed by atoms with Crippen molar-refractivity contribution in [1.29, 1.82) is 0 Å². The summed E-state index contributed by atoms with van der Waals surface area (Å²) in [7, 11) is 1.99. The zero-order chi connectivity index (χ0) is 21.0. The van der Waals surface area contributed by atoms with Gasteiger partial charge in [-0.25, -0.2) is 0 Å². The van der Waals surface area contributed by atoms with Gasteiger partial charge < -0.3 is 19.8 Å². The Hall–Kier alpha value is -2.60. The Kier molecular flexibility index (Phi) is 6.42. The van der Waals surface area contributed by atoms with Crippen LogP contribution in [0.3, 0.4) is 0 Å². The second-order valence-corrected chi connectivity index (χ2v) is 8.54. The number of anilines is 1. The first-order valence-electron chi connectivity index (χ1n) is 10.3. The molecule has 6 nitrogen and oxygen atoms in total. The number of likely N-dealkylation sites (N-methyl/N-ethyl adjacent to an activating group) is 1. The van der Waals surface area contributed by atoms with Gasteiger partial charge >= 0.3 is 0 Å². The molecule has 0 fully saturated rings. The number of rotatable bonds is 5. The second kappa shape index (κ2) is 8.82. The lowest BCUT2D eigenvalue weighted by molar-refractivity contribution is -0.107. The topological polar surface area (TPSA) is 85.0 Å². The van der Waals surface area contributed by atoms with Crippen molar-refractivity contribution in [2.75, 3.05) is 25.1 Å². The first kappa shape index (κ1) is 21.1. The van der Waals surface area contributed by atoms with Crippen molar-refractivity contribution in [3.05, 3.63) is 35.5 Å². The molecule has 0 saturated heterocycles. The molecule has 0 aliphatic heterocycles. The number of nitrogens with zero attached hydrogens (tertiary/aromatic N) is 2. The number of carbonyl (C=O) groups is 1. The smallest absolute Gasteiger partial charge is 0.119 e. The number of nitrogens with one attached hydrogen (secondary N) is 2. The van der Waals surface area contributed by atoms with Gasteiger partial charge in [0.1, 0.15) is 12.0 Å². The lowest BCUT2D eigenvalue weighted by atomic mass is 9.76. The van der Waals surface area contributed by atoms with Crippen LogP contribution in [0.1, 0.15) is 44.9 Å². The second-order valence-electron chi connectivity index (χ2n) is 8.54. The van der Waals surface area contributed by atoms with Gasteiger partial charge in [0.2, 0.25) is 0 Å². The van der Waals surface area contributed by atoms with Crippen LogP contribution in [-0.4, -0.2) is 46.8 Å². The number of H-pyrrole nitrogens is 2. The average molecular weight is 397 g/mol. The first-order valence-corrected chi connectivity index (χ1v) is 10.3. The van der Waals surface area contributed by atoms with E-state index in [1.165, 1.54) is 23.1 Å². The molecule has 0 amide bonds. The van der Waals surface area contributed by atoms with Crippen LogP contribution in [0.5, 0.6) is 0 Å². The van der Waals surface area contributed by atoms with E-state index in [4.69, 9.17) is 5.11 Å². The first-order chi connectivity index (χ1) is 13.9. The van der Waals surface area contributed by atoms with Crippen LogP contribution in [0.15, 0.2) is 24.3 Å². The van der Waals surface area contributed by atoms with E-state index in [2.05, 4.69) is 58.2 Å². The summed E-state index contributed by atoms with van der Waals surface area (Å²) in [6.07, 6.45) is 4.85. The van der Waals surface area contributed by atoms with Crippen LogP contribution in [0.25, 0.3) is 22.3 Å². The summed E-state index contributed by atoms with van der Waals surface area (Å²) in [5.74, 6) is 0. The average Bonchev–Trinajstić information content (AvgIpc) is 3.30. The molecule has 1 aliphatic carbocycles. The molecular formula is C23H32N4O2. The molecule has 3 N–H and O–H groups in total. The number of fused-ring (bicyclic) bond motifs is 2. The molecule has 0 bridgehead atoms. The Labute approximate surface area is 172 Å². The molecule has 3 aromatic rings. The SMILES string of the molecule is CCC=O.CN(CCO)c1ccc2cc(-c3n[nH]c4c3CCC(C)(C)C4)[nH]c2c1. The van der Waals surface area contributed by atoms with Gasteiger partial charge in [0.15, 0.2) is 0 Å². The van der Waals surface area contributed by atoms with E-state index in [9.17, 15) is 4.79 Å². The molecule has 2 aromatic heterocycles. The summed E-state index contributed by atoms with van der Waals surface area (Å²) >= 11 is 0. The summed E-state index contributed by atoms with van der Waals surface area (Å²) in [5, 5.41) is 18.2. The van der Waals surface area contributed by atoms with Crippen LogP contribution < -0.4 is 4.90 Å². The summed E-state index contributed by atoms with van der Waals surface area (Å²) in [6, 6.07) is 8.54. The number of hydrogen-bond acceptors (Lipinski definition) is 4. The Balaban J connectivity index is 0.000000552. The zero-order valence-electron chi connectivity index (χ0n) is 17.9. The fourth-order valence-electron chi connectivity index (χ4n) is 3.83. The van der Waals surface area contributed by atoms with Gasteiger partial charge in [-0.2, -0.15) is 5.10 Å². The molecule has 0 radical (unpaired) electrons. The predicted molar refractivity (Wildman–Crippen MR) is 118 cm³/mol. The maximum Gasteiger partial charge on any atom is 0.119 e. The molecule has 1 aliphatic rings. The predicted octanol–water partition coefficient (Wildman–Crippen LogP) is 4.10. The minimum Gasteiger partial charge on any atom is -0.395 e. The number of carbonyl (C=O) groups excluding carboxylic acids is 1. The zero-order valence-corrected chi connectivity index (χ0v) is 17.9. The highest BCUT2D eigenvalue weighted by Gasteiger charge is 2.29. The largest absolute Gasteiger partial charge is 0.395 e. The van der Waals surface area contributed by atoms with Crippen LogP contribution in [0.4, 0.5) is 5.69 Å². The van der Waals surface area contributed by atoms with Gasteiger partial charge in [0, 0.05) is 47.9 Å². The number of aldehydes is 1. The maximum absolute atomic E-state index is 9.17. The van der Waals surface area contributed by atoms with Gasteiger partial charge in [0.05, 0.1) is 12.3 Å². The van der Waals surface area contributed by atoms with E-state index in [0.717, 1.165) is 41.7 Å². The van der Waals surface area contributed by atoms with Crippen molar-refractivity contribution < 1.29 is 9.90 Å². The minimum atomic E-state index is 0.153. The molecule has 2 heterocycles. The van der Waals surface area contributed by atoms with Crippen molar-refractivity contribution in [1.82, 2.24) is 15.2 Å². The van der Waals surface area contributed by atoms with Crippen molar-refractivity contribution in [3.8, 4) is 11.4 Å². The molecule has 1 aromatic carbocycles. The van der Waals surface area contributed by atoms with E-state index in [1.54, 1.807) is 0 Å². The summed E-state index contributed by atoms with van der Waals surface area (Å²) < 4.78 is 0. The molecule has 156 valence electrons. The Morgan fingerprint density at radius 3 is 2.76 bits per heavy atom. The number of aromatic nitrogens is 3. The molecule has 0 saturated carbocycles. The fraction of sp³-hybridized carbons (Fsp3) is 0.478. The standard InChI is InChI=1S/C20H26N4O.C3H6O/c1-20(2)7-6-15-18(12-20)22-23-19(15)17-10-13-4-5-14(11-16(13)21-17)24(3)8-9-25;1-2-3-4/h4-5,10-11,21,25H,6-9,12H2,1-3H3,(H,22,23);3H,2H2,1H3. The number of aliphatic hydroxyl groups is 1. The van der Waals surface area contributed by atoms with Crippen molar-refractivity contribution >= 4 is 22.9 Å². The lowest BCUT2D eigenvalue weighted by Gasteiger charge is -2.28. The van der Waals surface area contributed by atoms with Crippen molar-refractivity contribution in [3.63, 3.8) is 0 Å². The van der Waals surface area contributed by atoms with E-state index in [-0.39, 0.29) is 6.61 Å². The minimum absolute atomic E-state index is 0.153. The van der Waals surface area contributed by atoms with E-state index in [1.807, 2.05) is 14.0 Å². The molecule has 0 unspecified atom stereocenters. The van der Waals surface area contributed by atoms with Gasteiger partial charge in [-0.05, 0) is 42.9 Å². The van der Waals surface area contributed by atoms with Crippen LogP contribution >= 0.6 is 0 Å². The van der Waals surface area contributed by atoms with Gasteiger partial charge in [0.25, 0.3) is 0 Å². The lowest BCUT2D eigenvalue weighted by Crippen LogP contribution is -2.21. The Morgan fingerprint density at radius 1 is 1.31 bits per heavy atom. The molecule has 0 atom stereocenters. The van der Waals surface area contributed by atoms with Crippen LogP contribution in [-0.2, 0) is 17.6 Å². The molecule has 29 heavy (non-hydrogen) atoms. The van der Waals surface area contributed by atoms with Gasteiger partial charge in [-0.1, -0.05) is 26.8 Å². The number of benzene rings is 1. The highest BCUT2D eigenvalue weighted by molar-refractivity contribution is 5.88. The normalized spacial score (nSPS) is 14.8. The van der Waals surface area contributed by atoms with Gasteiger partial charge in [-0.15, -0.1) is 0 Å². The van der Waals surface area contributed by atoms with E-state index < -0.39 is 0 Å². The number of hydrogen-bond donors (Lipinski definition) is 3. The highest BCUT2D eigenvalue weighted by Crippen LogP contribution is 2.38. The summed E-state index contributed by atoms with van der Waals surface area (Å²) in [6.45, 7) is 7.24. The molecule has 6 heteroatoms. The summed E-state index contributed by atoms with van der Waals surface area (Å²) in [5.41, 5.74) is 7.34. The molecule has 0 spiro atoms. The van der Waals surface area contributed by atoms with E-state index in [0.29, 0.717) is 18.4 Å². The van der Waals surface area contributed by atoms with Crippen LogP contribution in [0, 0.1) is 5.41 Å². The number of aromatic amines is 2. The molecule has 4 rings (SSSR count). The van der Waals surface area contributed by atoms with Crippen molar-refractivity contribution in [2.45, 2.75) is 46.5 Å². The maximum atomic E-state index is 9.17. The molecular weight excluding hydrogens is 364 g/mol. The monoisotopic (exact) mass is 396 g/mol.